The molecule has 0 aliphatic heterocycles. The first kappa shape index (κ1) is 11.6. The second-order valence-corrected chi connectivity index (χ2v) is 5.36. The molecule has 2 aromatic heterocycles. The first-order valence-corrected chi connectivity index (χ1v) is 6.78. The van der Waals surface area contributed by atoms with E-state index in [1.54, 1.807) is 12.3 Å². The van der Waals surface area contributed by atoms with Gasteiger partial charge in [0.2, 0.25) is 0 Å². The molecule has 90 valence electrons. The van der Waals surface area contributed by atoms with Gasteiger partial charge < -0.3 is 10.2 Å². The van der Waals surface area contributed by atoms with Crippen LogP contribution < -0.4 is 5.73 Å². The Morgan fingerprint density at radius 3 is 2.89 bits per heavy atom. The fourth-order valence-corrected chi connectivity index (χ4v) is 2.73. The summed E-state index contributed by atoms with van der Waals surface area (Å²) in [5, 5.41) is 1.34. The number of pyridine rings is 1. The number of hydrogen-bond donors (Lipinski definition) is 1. The van der Waals surface area contributed by atoms with Crippen LogP contribution in [0.1, 0.15) is 0 Å². The number of anilines is 1. The van der Waals surface area contributed by atoms with Crippen molar-refractivity contribution in [2.24, 2.45) is 0 Å². The van der Waals surface area contributed by atoms with Gasteiger partial charge in [0.1, 0.15) is 10.5 Å². The molecule has 0 atom stereocenters. The van der Waals surface area contributed by atoms with Crippen molar-refractivity contribution in [3.8, 4) is 0 Å². The first-order valence-electron chi connectivity index (χ1n) is 5.17. The maximum absolute atomic E-state index is 5.84. The van der Waals surface area contributed by atoms with Crippen LogP contribution >= 0.6 is 27.7 Å². The molecule has 6 heteroatoms. The Bertz CT molecular complexity index is 713. The van der Waals surface area contributed by atoms with Crippen LogP contribution in [0.3, 0.4) is 0 Å². The zero-order chi connectivity index (χ0) is 12.5. The molecule has 4 nitrogen and oxygen atoms in total. The number of fused-ring (bicyclic) bond motifs is 1. The molecule has 2 heterocycles. The third-order valence-corrected chi connectivity index (χ3v) is 4.11. The summed E-state index contributed by atoms with van der Waals surface area (Å²) in [6.07, 6.45) is 1.73. The van der Waals surface area contributed by atoms with E-state index in [-0.39, 0.29) is 0 Å². The molecular formula is C12H8BrN3OS. The molecule has 0 spiro atoms. The van der Waals surface area contributed by atoms with E-state index in [0.717, 1.165) is 9.50 Å². The largest absolute Gasteiger partial charge is 0.431 e. The molecule has 0 saturated carbocycles. The van der Waals surface area contributed by atoms with Crippen LogP contribution in [-0.2, 0) is 0 Å². The van der Waals surface area contributed by atoms with Gasteiger partial charge in [0.05, 0.1) is 10.2 Å². The fraction of sp³-hybridized carbons (Fsp3) is 0. The molecule has 0 unspecified atom stereocenters. The van der Waals surface area contributed by atoms with Gasteiger partial charge in [-0.15, -0.1) is 0 Å². The van der Waals surface area contributed by atoms with Crippen LogP contribution in [0.2, 0.25) is 0 Å². The normalized spacial score (nSPS) is 10.9. The average molecular weight is 322 g/mol. The summed E-state index contributed by atoms with van der Waals surface area (Å²) in [5.41, 5.74) is 7.82. The summed E-state index contributed by atoms with van der Waals surface area (Å²) in [6.45, 7) is 0. The summed E-state index contributed by atoms with van der Waals surface area (Å²) in [6, 6.07) is 9.27. The monoisotopic (exact) mass is 321 g/mol. The van der Waals surface area contributed by atoms with Crippen molar-refractivity contribution in [3.63, 3.8) is 0 Å². The molecule has 0 bridgehead atoms. The van der Waals surface area contributed by atoms with Crippen molar-refractivity contribution >= 4 is 44.5 Å². The van der Waals surface area contributed by atoms with Crippen LogP contribution in [0.15, 0.2) is 55.7 Å². The number of rotatable bonds is 2. The smallest absolute Gasteiger partial charge is 0.263 e. The van der Waals surface area contributed by atoms with E-state index >= 15 is 0 Å². The topological polar surface area (TPSA) is 64.9 Å². The Balaban J connectivity index is 2.01. The summed E-state index contributed by atoms with van der Waals surface area (Å²) in [4.78, 5) is 8.61. The number of oxazole rings is 1. The third kappa shape index (κ3) is 2.09. The lowest BCUT2D eigenvalue weighted by Crippen LogP contribution is -1.85. The van der Waals surface area contributed by atoms with Gasteiger partial charge in [0.15, 0.2) is 5.58 Å². The average Bonchev–Trinajstić information content (AvgIpc) is 2.76. The van der Waals surface area contributed by atoms with Gasteiger partial charge >= 0.3 is 0 Å². The predicted octanol–water partition coefficient (Wildman–Crippen LogP) is 3.72. The van der Waals surface area contributed by atoms with Gasteiger partial charge in [-0.1, -0.05) is 6.07 Å². The summed E-state index contributed by atoms with van der Waals surface area (Å²) in [7, 11) is 0. The highest BCUT2D eigenvalue weighted by atomic mass is 79.9. The molecule has 3 aromatic rings. The van der Waals surface area contributed by atoms with Crippen molar-refractivity contribution in [1.29, 1.82) is 0 Å². The van der Waals surface area contributed by atoms with E-state index in [1.165, 1.54) is 11.8 Å². The van der Waals surface area contributed by atoms with Crippen LogP contribution in [0.5, 0.6) is 0 Å². The standard InChI is InChI=1S/C12H8BrN3OS/c13-7-3-2-6-15-11(7)18-12-16-10-8(14)4-1-5-9(10)17-12/h1-6H,14H2. The summed E-state index contributed by atoms with van der Waals surface area (Å²) in [5.74, 6) is 0. The maximum Gasteiger partial charge on any atom is 0.263 e. The minimum atomic E-state index is 0.530. The Morgan fingerprint density at radius 2 is 2.11 bits per heavy atom. The van der Waals surface area contributed by atoms with Crippen molar-refractivity contribution < 1.29 is 4.42 Å². The SMILES string of the molecule is Nc1cccc2oc(Sc3ncccc3Br)nc12. The number of hydrogen-bond acceptors (Lipinski definition) is 5. The van der Waals surface area contributed by atoms with Crippen LogP contribution in [0.4, 0.5) is 5.69 Å². The highest BCUT2D eigenvalue weighted by molar-refractivity contribution is 9.10. The van der Waals surface area contributed by atoms with Gasteiger partial charge in [-0.3, -0.25) is 0 Å². The zero-order valence-electron chi connectivity index (χ0n) is 9.13. The lowest BCUT2D eigenvalue weighted by molar-refractivity contribution is 0.489. The van der Waals surface area contributed by atoms with Gasteiger partial charge in [0.25, 0.3) is 5.22 Å². The minimum absolute atomic E-state index is 0.530. The third-order valence-electron chi connectivity index (χ3n) is 2.34. The lowest BCUT2D eigenvalue weighted by Gasteiger charge is -1.97. The number of nitrogens with zero attached hydrogens (tertiary/aromatic N) is 2. The van der Waals surface area contributed by atoms with Crippen molar-refractivity contribution in [3.05, 3.63) is 41.0 Å². The first-order chi connectivity index (χ1) is 8.74. The molecule has 0 aliphatic rings. The van der Waals surface area contributed by atoms with E-state index in [1.807, 2.05) is 24.3 Å². The number of nitrogen functional groups attached to an aromatic ring is 1. The molecular weight excluding hydrogens is 314 g/mol. The number of benzene rings is 1. The zero-order valence-corrected chi connectivity index (χ0v) is 11.5. The van der Waals surface area contributed by atoms with Crippen LogP contribution in [0, 0.1) is 0 Å². The fourth-order valence-electron chi connectivity index (χ4n) is 1.52. The number of halogens is 1. The quantitative estimate of drug-likeness (QED) is 0.729. The second-order valence-electron chi connectivity index (χ2n) is 3.57. The Morgan fingerprint density at radius 1 is 1.22 bits per heavy atom. The minimum Gasteiger partial charge on any atom is -0.431 e. The highest BCUT2D eigenvalue weighted by Crippen LogP contribution is 2.33. The van der Waals surface area contributed by atoms with Gasteiger partial charge in [-0.25, -0.2) is 9.97 Å². The number of aromatic nitrogens is 2. The van der Waals surface area contributed by atoms with Crippen molar-refractivity contribution in [2.45, 2.75) is 10.2 Å². The molecule has 0 amide bonds. The summed E-state index contributed by atoms with van der Waals surface area (Å²) >= 11 is 4.79. The van der Waals surface area contributed by atoms with E-state index in [2.05, 4.69) is 25.9 Å². The van der Waals surface area contributed by atoms with E-state index in [0.29, 0.717) is 22.0 Å². The molecule has 2 N–H and O–H groups in total. The molecule has 0 saturated heterocycles. The molecule has 0 radical (unpaired) electrons. The lowest BCUT2D eigenvalue weighted by atomic mass is 10.3. The molecule has 1 aromatic carbocycles. The molecule has 18 heavy (non-hydrogen) atoms. The maximum atomic E-state index is 5.84. The Hall–Kier alpha value is -1.53. The molecule has 3 rings (SSSR count). The summed E-state index contributed by atoms with van der Waals surface area (Å²) < 4.78 is 6.53. The Labute approximate surface area is 116 Å². The van der Waals surface area contributed by atoms with Gasteiger partial charge in [-0.2, -0.15) is 0 Å². The van der Waals surface area contributed by atoms with Crippen LogP contribution in [0.25, 0.3) is 11.1 Å². The number of nitrogens with two attached hydrogens (primary N) is 1. The second kappa shape index (κ2) is 4.62. The molecule has 0 aliphatic carbocycles. The van der Waals surface area contributed by atoms with Crippen molar-refractivity contribution in [2.75, 3.05) is 5.73 Å². The van der Waals surface area contributed by atoms with Crippen LogP contribution in [-0.4, -0.2) is 9.97 Å². The van der Waals surface area contributed by atoms with Crippen molar-refractivity contribution in [1.82, 2.24) is 9.97 Å². The van der Waals surface area contributed by atoms with Gasteiger partial charge in [0, 0.05) is 6.20 Å². The van der Waals surface area contributed by atoms with E-state index < -0.39 is 0 Å². The van der Waals surface area contributed by atoms with E-state index in [9.17, 15) is 0 Å². The Kier molecular flexibility index (Phi) is 2.97. The van der Waals surface area contributed by atoms with Gasteiger partial charge in [-0.05, 0) is 52.0 Å². The molecule has 0 fully saturated rings. The number of para-hydroxylation sites is 1. The van der Waals surface area contributed by atoms with E-state index in [4.69, 9.17) is 10.2 Å². The highest BCUT2D eigenvalue weighted by Gasteiger charge is 2.11. The predicted molar refractivity (Wildman–Crippen MR) is 74.5 cm³/mol.